The third-order valence-corrected chi connectivity index (χ3v) is 3.64. The van der Waals surface area contributed by atoms with Gasteiger partial charge in [0.05, 0.1) is 19.3 Å². The lowest BCUT2D eigenvalue weighted by molar-refractivity contribution is 0.150. The number of nitrogens with two attached hydrogens (primary N) is 1. The van der Waals surface area contributed by atoms with Crippen LogP contribution in [0.25, 0.3) is 0 Å². The molecule has 0 bridgehead atoms. The fourth-order valence-corrected chi connectivity index (χ4v) is 2.46. The molecule has 2 unspecified atom stereocenters. The van der Waals surface area contributed by atoms with E-state index in [1.54, 1.807) is 7.11 Å². The van der Waals surface area contributed by atoms with E-state index in [2.05, 4.69) is 0 Å². The highest BCUT2D eigenvalue weighted by atomic mass is 35.5. The van der Waals surface area contributed by atoms with Crippen LogP contribution in [0.15, 0.2) is 54.6 Å². The van der Waals surface area contributed by atoms with Crippen LogP contribution in [-0.4, -0.2) is 31.9 Å². The van der Waals surface area contributed by atoms with Gasteiger partial charge in [-0.1, -0.05) is 30.3 Å². The summed E-state index contributed by atoms with van der Waals surface area (Å²) in [4.78, 5) is 2.04. The normalized spacial score (nSPS) is 12.9. The zero-order chi connectivity index (χ0) is 15.2. The van der Waals surface area contributed by atoms with Gasteiger partial charge in [-0.25, -0.2) is 0 Å². The Bertz CT molecular complexity index is 548. The Balaban J connectivity index is 0.00000242. The third kappa shape index (κ3) is 4.13. The number of likely N-dealkylation sites (N-methyl/N-ethyl adjacent to an activating group) is 1. The van der Waals surface area contributed by atoms with Crippen LogP contribution in [0.1, 0.15) is 11.6 Å². The number of aliphatic hydroxyl groups excluding tert-OH is 1. The molecule has 4 nitrogen and oxygen atoms in total. The van der Waals surface area contributed by atoms with Gasteiger partial charge < -0.3 is 20.5 Å². The van der Waals surface area contributed by atoms with Crippen molar-refractivity contribution < 1.29 is 9.84 Å². The predicted molar refractivity (Wildman–Crippen MR) is 92.9 cm³/mol. The van der Waals surface area contributed by atoms with E-state index in [4.69, 9.17) is 10.5 Å². The molecule has 2 aromatic rings. The quantitative estimate of drug-likeness (QED) is 0.858. The molecule has 0 spiro atoms. The van der Waals surface area contributed by atoms with Gasteiger partial charge in [-0.15, -0.1) is 12.4 Å². The Morgan fingerprint density at radius 1 is 1.09 bits per heavy atom. The number of halogens is 1. The number of benzene rings is 2. The first-order valence-corrected chi connectivity index (χ1v) is 6.97. The van der Waals surface area contributed by atoms with Crippen LogP contribution in [-0.2, 0) is 0 Å². The first-order valence-electron chi connectivity index (χ1n) is 6.97. The van der Waals surface area contributed by atoms with Crippen LogP contribution in [0.2, 0.25) is 0 Å². The predicted octanol–water partition coefficient (Wildman–Crippen LogP) is 2.61. The largest absolute Gasteiger partial charge is 0.497 e. The van der Waals surface area contributed by atoms with Crippen molar-refractivity contribution in [1.29, 1.82) is 0 Å². The van der Waals surface area contributed by atoms with Gasteiger partial charge in [-0.3, -0.25) is 0 Å². The maximum atomic E-state index is 10.3. The molecule has 0 radical (unpaired) electrons. The fraction of sp³-hybridized carbons (Fsp3) is 0.294. The minimum atomic E-state index is -0.649. The number of nitrogens with zero attached hydrogens (tertiary/aromatic N) is 1. The highest BCUT2D eigenvalue weighted by Gasteiger charge is 2.24. The van der Waals surface area contributed by atoms with Crippen molar-refractivity contribution in [1.82, 2.24) is 0 Å². The van der Waals surface area contributed by atoms with Crippen LogP contribution in [0.3, 0.4) is 0 Å². The van der Waals surface area contributed by atoms with Crippen molar-refractivity contribution >= 4 is 18.1 Å². The fourth-order valence-electron chi connectivity index (χ4n) is 2.46. The van der Waals surface area contributed by atoms with Crippen LogP contribution >= 0.6 is 12.4 Å². The number of rotatable bonds is 6. The van der Waals surface area contributed by atoms with Gasteiger partial charge in [-0.2, -0.15) is 0 Å². The zero-order valence-electron chi connectivity index (χ0n) is 12.8. The van der Waals surface area contributed by atoms with Gasteiger partial charge in [0, 0.05) is 19.3 Å². The van der Waals surface area contributed by atoms with Gasteiger partial charge in [0.15, 0.2) is 0 Å². The summed E-state index contributed by atoms with van der Waals surface area (Å²) in [6.07, 6.45) is -0.649. The highest BCUT2D eigenvalue weighted by molar-refractivity contribution is 5.85. The van der Waals surface area contributed by atoms with Crippen molar-refractivity contribution in [2.45, 2.75) is 12.1 Å². The number of methoxy groups -OCH3 is 1. The summed E-state index contributed by atoms with van der Waals surface area (Å²) < 4.78 is 5.18. The minimum absolute atomic E-state index is 0. The Morgan fingerprint density at radius 2 is 1.68 bits per heavy atom. The van der Waals surface area contributed by atoms with Crippen molar-refractivity contribution in [3.05, 3.63) is 60.2 Å². The summed E-state index contributed by atoms with van der Waals surface area (Å²) in [5, 5.41) is 10.3. The summed E-state index contributed by atoms with van der Waals surface area (Å²) in [5.41, 5.74) is 7.71. The topological polar surface area (TPSA) is 58.7 Å². The molecular weight excluding hydrogens is 300 g/mol. The van der Waals surface area contributed by atoms with E-state index in [1.807, 2.05) is 66.5 Å². The second-order valence-electron chi connectivity index (χ2n) is 4.97. The molecule has 22 heavy (non-hydrogen) atoms. The van der Waals surface area contributed by atoms with Gasteiger partial charge in [-0.05, 0) is 29.8 Å². The van der Waals surface area contributed by atoms with E-state index < -0.39 is 6.10 Å². The molecule has 0 aromatic heterocycles. The minimum Gasteiger partial charge on any atom is -0.497 e. The zero-order valence-corrected chi connectivity index (χ0v) is 13.7. The molecule has 0 aliphatic rings. The van der Waals surface area contributed by atoms with E-state index >= 15 is 0 Å². The number of aliphatic hydroxyl groups is 1. The second kappa shape index (κ2) is 8.63. The Morgan fingerprint density at radius 3 is 2.18 bits per heavy atom. The van der Waals surface area contributed by atoms with Crippen LogP contribution in [0, 0.1) is 0 Å². The molecule has 0 saturated carbocycles. The molecule has 0 aliphatic carbocycles. The molecule has 0 amide bonds. The molecule has 0 fully saturated rings. The SMILES string of the molecule is COc1ccc(C(C(O)CN)N(C)c2ccccc2)cc1.Cl. The number of anilines is 1. The van der Waals surface area contributed by atoms with E-state index in [0.29, 0.717) is 0 Å². The lowest BCUT2D eigenvalue weighted by atomic mass is 9.99. The number of para-hydroxylation sites is 1. The van der Waals surface area contributed by atoms with Gasteiger partial charge in [0.2, 0.25) is 0 Å². The van der Waals surface area contributed by atoms with E-state index in [1.165, 1.54) is 0 Å². The maximum absolute atomic E-state index is 10.3. The van der Waals surface area contributed by atoms with E-state index in [9.17, 15) is 5.11 Å². The number of ether oxygens (including phenoxy) is 1. The monoisotopic (exact) mass is 322 g/mol. The lowest BCUT2D eigenvalue weighted by Crippen LogP contribution is -2.38. The average molecular weight is 323 g/mol. The molecule has 3 N–H and O–H groups in total. The number of hydrogen-bond donors (Lipinski definition) is 2. The first-order chi connectivity index (χ1) is 10.2. The summed E-state index contributed by atoms with van der Waals surface area (Å²) in [7, 11) is 3.60. The van der Waals surface area contributed by atoms with Crippen LogP contribution in [0.4, 0.5) is 5.69 Å². The summed E-state index contributed by atoms with van der Waals surface area (Å²) >= 11 is 0. The molecule has 2 atom stereocenters. The van der Waals surface area contributed by atoms with E-state index in [-0.39, 0.29) is 25.0 Å². The van der Waals surface area contributed by atoms with Crippen LogP contribution in [0.5, 0.6) is 5.75 Å². The molecule has 120 valence electrons. The smallest absolute Gasteiger partial charge is 0.118 e. The van der Waals surface area contributed by atoms with Gasteiger partial charge in [0.25, 0.3) is 0 Å². The Kier molecular flexibility index (Phi) is 7.18. The van der Waals surface area contributed by atoms with Crippen LogP contribution < -0.4 is 15.4 Å². The van der Waals surface area contributed by atoms with Crippen molar-refractivity contribution in [2.75, 3.05) is 25.6 Å². The molecule has 0 saturated heterocycles. The second-order valence-corrected chi connectivity index (χ2v) is 4.97. The van der Waals surface area contributed by atoms with Gasteiger partial charge >= 0.3 is 0 Å². The highest BCUT2D eigenvalue weighted by Crippen LogP contribution is 2.29. The molecule has 2 rings (SSSR count). The third-order valence-electron chi connectivity index (χ3n) is 3.64. The average Bonchev–Trinajstić information content (AvgIpc) is 2.56. The van der Waals surface area contributed by atoms with Gasteiger partial charge in [0.1, 0.15) is 5.75 Å². The molecule has 0 aliphatic heterocycles. The first kappa shape index (κ1) is 18.3. The Labute approximate surface area is 137 Å². The van der Waals surface area contributed by atoms with Crippen molar-refractivity contribution in [3.8, 4) is 5.75 Å². The van der Waals surface area contributed by atoms with Crippen molar-refractivity contribution in [2.24, 2.45) is 5.73 Å². The number of hydrogen-bond acceptors (Lipinski definition) is 4. The molecule has 5 heteroatoms. The summed E-state index contributed by atoms with van der Waals surface area (Å²) in [5.74, 6) is 0.794. The molecular formula is C17H23ClN2O2. The maximum Gasteiger partial charge on any atom is 0.118 e. The summed E-state index contributed by atoms with van der Waals surface area (Å²) in [6, 6.07) is 17.5. The Hall–Kier alpha value is -1.75. The van der Waals surface area contributed by atoms with E-state index in [0.717, 1.165) is 17.0 Å². The standard InChI is InChI=1S/C17H22N2O2.ClH/c1-19(14-6-4-3-5-7-14)17(16(20)12-18)13-8-10-15(21-2)11-9-13;/h3-11,16-17,20H,12,18H2,1-2H3;1H. The molecule has 0 heterocycles. The molecule has 2 aromatic carbocycles. The van der Waals surface area contributed by atoms with Crippen molar-refractivity contribution in [3.63, 3.8) is 0 Å². The summed E-state index contributed by atoms with van der Waals surface area (Å²) in [6.45, 7) is 0.202. The lowest BCUT2D eigenvalue weighted by Gasteiger charge is -2.33.